The van der Waals surface area contributed by atoms with Gasteiger partial charge in [0.1, 0.15) is 12.4 Å². The van der Waals surface area contributed by atoms with E-state index in [0.717, 1.165) is 16.0 Å². The second-order valence-corrected chi connectivity index (χ2v) is 6.55. The molecule has 0 aromatic heterocycles. The van der Waals surface area contributed by atoms with E-state index in [1.165, 1.54) is 18.2 Å². The Morgan fingerprint density at radius 1 is 1.13 bits per heavy atom. The maximum absolute atomic E-state index is 14.0. The Morgan fingerprint density at radius 2 is 1.87 bits per heavy atom. The summed E-state index contributed by atoms with van der Waals surface area (Å²) < 4.78 is 18.9. The molecule has 0 saturated heterocycles. The van der Waals surface area contributed by atoms with Crippen molar-refractivity contribution in [1.29, 1.82) is 5.26 Å². The summed E-state index contributed by atoms with van der Waals surface area (Å²) in [6.45, 7) is 2.69. The predicted octanol–water partition coefficient (Wildman–Crippen LogP) is 2.66. The van der Waals surface area contributed by atoms with Crippen LogP contribution in [0.4, 0.5) is 10.1 Å². The van der Waals surface area contributed by atoms with E-state index >= 15 is 0 Å². The van der Waals surface area contributed by atoms with E-state index in [4.69, 9.17) is 10.00 Å². The van der Waals surface area contributed by atoms with Gasteiger partial charge in [0.15, 0.2) is 6.61 Å². The van der Waals surface area contributed by atoms with Crippen LogP contribution < -0.4 is 10.2 Å². The van der Waals surface area contributed by atoms with Crippen LogP contribution in [0.25, 0.3) is 0 Å². The number of aryl methyl sites for hydroxylation is 2. The third kappa shape index (κ3) is 6.14. The van der Waals surface area contributed by atoms with Crippen LogP contribution in [0.15, 0.2) is 42.5 Å². The quantitative estimate of drug-likeness (QED) is 0.673. The number of nitrogens with one attached hydrogen (secondary N) is 1. The van der Waals surface area contributed by atoms with Crippen LogP contribution >= 0.6 is 0 Å². The molecule has 0 aliphatic carbocycles. The van der Waals surface area contributed by atoms with Crippen molar-refractivity contribution in [1.82, 2.24) is 5.32 Å². The smallest absolute Gasteiger partial charge is 0.325 e. The normalized spacial score (nSPS) is 10.1. The van der Waals surface area contributed by atoms with E-state index in [0.29, 0.717) is 5.56 Å². The summed E-state index contributed by atoms with van der Waals surface area (Å²) in [6, 6.07) is 12.7. The van der Waals surface area contributed by atoms with Gasteiger partial charge < -0.3 is 15.0 Å². The lowest BCUT2D eigenvalue weighted by Gasteiger charge is -2.22. The number of rotatable bonds is 8. The first-order chi connectivity index (χ1) is 14.3. The van der Waals surface area contributed by atoms with Crippen LogP contribution in [0.3, 0.4) is 0 Å². The van der Waals surface area contributed by atoms with Crippen molar-refractivity contribution in [2.75, 3.05) is 24.6 Å². The molecule has 0 heterocycles. The number of para-hydroxylation sites is 1. The molecule has 8 heteroatoms. The van der Waals surface area contributed by atoms with Gasteiger partial charge in [0, 0.05) is 12.1 Å². The fourth-order valence-electron chi connectivity index (χ4n) is 2.62. The number of nitrogens with zero attached hydrogens (tertiary/aromatic N) is 2. The van der Waals surface area contributed by atoms with Gasteiger partial charge in [0.05, 0.1) is 18.2 Å². The third-order valence-corrected chi connectivity index (χ3v) is 4.41. The molecule has 2 rings (SSSR count). The highest BCUT2D eigenvalue weighted by Gasteiger charge is 2.20. The predicted molar refractivity (Wildman–Crippen MR) is 108 cm³/mol. The number of hydrogen-bond donors (Lipinski definition) is 1. The van der Waals surface area contributed by atoms with Gasteiger partial charge in [-0.05, 0) is 49.2 Å². The molecule has 0 radical (unpaired) electrons. The molecular weight excluding hydrogens is 389 g/mol. The summed E-state index contributed by atoms with van der Waals surface area (Å²) in [7, 11) is 0. The molecule has 156 valence electrons. The topological polar surface area (TPSA) is 99.5 Å². The molecule has 2 aromatic carbocycles. The molecule has 7 nitrogen and oxygen atoms in total. The van der Waals surface area contributed by atoms with E-state index in [2.05, 4.69) is 5.32 Å². The minimum atomic E-state index is -0.811. The van der Waals surface area contributed by atoms with Crippen LogP contribution in [0, 0.1) is 31.0 Å². The van der Waals surface area contributed by atoms with Gasteiger partial charge in [0.2, 0.25) is 0 Å². The molecule has 0 atom stereocenters. The molecule has 2 aromatic rings. The third-order valence-electron chi connectivity index (χ3n) is 4.41. The van der Waals surface area contributed by atoms with Gasteiger partial charge in [-0.15, -0.1) is 0 Å². The lowest BCUT2D eigenvalue weighted by atomic mass is 10.1. The maximum Gasteiger partial charge on any atom is 0.325 e. The largest absolute Gasteiger partial charge is 0.454 e. The van der Waals surface area contributed by atoms with Crippen LogP contribution in [0.1, 0.15) is 27.9 Å². The fraction of sp³-hybridized carbons (Fsp3) is 0.273. The number of halogens is 1. The highest BCUT2D eigenvalue weighted by molar-refractivity contribution is 5.97. The Hall–Kier alpha value is -3.73. The molecule has 0 fully saturated rings. The number of hydrogen-bond acceptors (Lipinski definition) is 5. The average Bonchev–Trinajstić information content (AvgIpc) is 2.73. The monoisotopic (exact) mass is 411 g/mol. The zero-order chi connectivity index (χ0) is 22.1. The zero-order valence-corrected chi connectivity index (χ0v) is 16.8. The number of anilines is 1. The van der Waals surface area contributed by atoms with Gasteiger partial charge in [-0.1, -0.05) is 18.2 Å². The summed E-state index contributed by atoms with van der Waals surface area (Å²) in [5.74, 6) is -2.56. The van der Waals surface area contributed by atoms with Crippen molar-refractivity contribution >= 4 is 23.5 Å². The first-order valence-corrected chi connectivity index (χ1v) is 9.26. The summed E-state index contributed by atoms with van der Waals surface area (Å²) in [5, 5.41) is 11.2. The van der Waals surface area contributed by atoms with Crippen molar-refractivity contribution < 1.29 is 23.5 Å². The number of carbonyl (C=O) groups excluding carboxylic acids is 3. The van der Waals surface area contributed by atoms with Crippen LogP contribution in [0.5, 0.6) is 0 Å². The minimum Gasteiger partial charge on any atom is -0.454 e. The van der Waals surface area contributed by atoms with Crippen molar-refractivity contribution in [3.05, 3.63) is 65.0 Å². The van der Waals surface area contributed by atoms with E-state index in [-0.39, 0.29) is 18.7 Å². The molecule has 0 saturated carbocycles. The van der Waals surface area contributed by atoms with Gasteiger partial charge in [-0.25, -0.2) is 4.39 Å². The standard InChI is InChI=1S/C22H22FN3O4/c1-15-8-9-17(12-16(15)2)22(29)25-13-21(28)30-14-20(27)26(11-5-10-24)19-7-4-3-6-18(19)23/h3-4,6-9,12H,5,11,13-14H2,1-2H3,(H,25,29). The van der Waals surface area contributed by atoms with Crippen molar-refractivity contribution in [3.8, 4) is 6.07 Å². The molecule has 0 aliphatic heterocycles. The number of carbonyl (C=O) groups is 3. The molecule has 2 amide bonds. The maximum atomic E-state index is 14.0. The van der Waals surface area contributed by atoms with E-state index in [9.17, 15) is 18.8 Å². The zero-order valence-electron chi connectivity index (χ0n) is 16.8. The van der Waals surface area contributed by atoms with Crippen molar-refractivity contribution in [2.24, 2.45) is 0 Å². The molecule has 0 spiro atoms. The summed E-state index contributed by atoms with van der Waals surface area (Å²) in [6.07, 6.45) is -0.0138. The fourth-order valence-corrected chi connectivity index (χ4v) is 2.62. The van der Waals surface area contributed by atoms with Crippen LogP contribution in [-0.4, -0.2) is 37.5 Å². The van der Waals surface area contributed by atoms with Gasteiger partial charge >= 0.3 is 5.97 Å². The lowest BCUT2D eigenvalue weighted by molar-refractivity contribution is -0.146. The SMILES string of the molecule is Cc1ccc(C(=O)NCC(=O)OCC(=O)N(CCC#N)c2ccccc2F)cc1C. The first-order valence-electron chi connectivity index (χ1n) is 9.26. The van der Waals surface area contributed by atoms with Crippen LogP contribution in [0.2, 0.25) is 0 Å². The molecule has 0 aliphatic rings. The molecule has 1 N–H and O–H groups in total. The summed E-state index contributed by atoms with van der Waals surface area (Å²) >= 11 is 0. The average molecular weight is 411 g/mol. The number of ether oxygens (including phenoxy) is 1. The number of amides is 2. The van der Waals surface area contributed by atoms with E-state index in [1.54, 1.807) is 24.3 Å². The Kier molecular flexibility index (Phi) is 8.06. The van der Waals surface area contributed by atoms with Gasteiger partial charge in [0.25, 0.3) is 11.8 Å². The minimum absolute atomic E-state index is 0.00292. The van der Waals surface area contributed by atoms with E-state index < -0.39 is 36.8 Å². The van der Waals surface area contributed by atoms with Crippen LogP contribution in [-0.2, 0) is 14.3 Å². The Bertz CT molecular complexity index is 985. The molecule has 0 unspecified atom stereocenters. The Balaban J connectivity index is 1.91. The Labute approximate surface area is 174 Å². The lowest BCUT2D eigenvalue weighted by Crippen LogP contribution is -2.37. The van der Waals surface area contributed by atoms with E-state index in [1.807, 2.05) is 19.9 Å². The molecular formula is C22H22FN3O4. The number of benzene rings is 2. The van der Waals surface area contributed by atoms with Crippen molar-refractivity contribution in [3.63, 3.8) is 0 Å². The highest BCUT2D eigenvalue weighted by atomic mass is 19.1. The molecule has 30 heavy (non-hydrogen) atoms. The first kappa shape index (κ1) is 22.6. The van der Waals surface area contributed by atoms with Gasteiger partial charge in [-0.2, -0.15) is 5.26 Å². The second-order valence-electron chi connectivity index (χ2n) is 6.55. The van der Waals surface area contributed by atoms with Crippen molar-refractivity contribution in [2.45, 2.75) is 20.3 Å². The number of esters is 1. The molecule has 0 bridgehead atoms. The van der Waals surface area contributed by atoms with Gasteiger partial charge in [-0.3, -0.25) is 14.4 Å². The summed E-state index contributed by atoms with van der Waals surface area (Å²) in [4.78, 5) is 37.5. The highest BCUT2D eigenvalue weighted by Crippen LogP contribution is 2.19. The Morgan fingerprint density at radius 3 is 2.53 bits per heavy atom. The number of nitriles is 1. The second kappa shape index (κ2) is 10.7. The summed E-state index contributed by atoms with van der Waals surface area (Å²) in [5.41, 5.74) is 2.39.